The van der Waals surface area contributed by atoms with Crippen LogP contribution < -0.4 is 5.73 Å². The van der Waals surface area contributed by atoms with E-state index in [-0.39, 0.29) is 0 Å². The zero-order valence-corrected chi connectivity index (χ0v) is 9.56. The van der Waals surface area contributed by atoms with Gasteiger partial charge >= 0.3 is 0 Å². The van der Waals surface area contributed by atoms with E-state index in [2.05, 4.69) is 18.9 Å². The summed E-state index contributed by atoms with van der Waals surface area (Å²) in [5.41, 5.74) is 5.46. The van der Waals surface area contributed by atoms with Gasteiger partial charge in [0, 0.05) is 25.6 Å². The first-order chi connectivity index (χ1) is 6.07. The molecule has 13 heavy (non-hydrogen) atoms. The van der Waals surface area contributed by atoms with Crippen molar-refractivity contribution in [1.82, 2.24) is 4.90 Å². The third kappa shape index (κ3) is 6.93. The van der Waals surface area contributed by atoms with E-state index < -0.39 is 0 Å². The molecular formula is C9H20N2OS. The van der Waals surface area contributed by atoms with Crippen LogP contribution in [-0.2, 0) is 4.74 Å². The van der Waals surface area contributed by atoms with Crippen molar-refractivity contribution in [2.45, 2.75) is 26.3 Å². The normalized spacial score (nSPS) is 13.2. The number of thiocarbonyl (C=S) groups is 1. The fraction of sp³-hybridized carbons (Fsp3) is 0.889. The van der Waals surface area contributed by atoms with Gasteiger partial charge in [-0.1, -0.05) is 12.2 Å². The van der Waals surface area contributed by atoms with Crippen LogP contribution in [0.3, 0.4) is 0 Å². The van der Waals surface area contributed by atoms with Gasteiger partial charge in [0.25, 0.3) is 0 Å². The molecule has 3 nitrogen and oxygen atoms in total. The molecule has 0 fully saturated rings. The van der Waals surface area contributed by atoms with Gasteiger partial charge in [-0.05, 0) is 20.9 Å². The van der Waals surface area contributed by atoms with Crippen LogP contribution in [0.4, 0.5) is 0 Å². The summed E-state index contributed by atoms with van der Waals surface area (Å²) in [5, 5.41) is 0. The van der Waals surface area contributed by atoms with E-state index in [1.54, 1.807) is 0 Å². The van der Waals surface area contributed by atoms with E-state index in [1.807, 2.05) is 6.92 Å². The maximum atomic E-state index is 5.46. The molecule has 0 aliphatic heterocycles. The molecule has 1 unspecified atom stereocenters. The Bertz CT molecular complexity index is 153. The first-order valence-electron chi connectivity index (χ1n) is 4.64. The summed E-state index contributed by atoms with van der Waals surface area (Å²) >= 11 is 4.85. The molecule has 0 rings (SSSR count). The Balaban J connectivity index is 3.56. The second-order valence-electron chi connectivity index (χ2n) is 3.20. The Morgan fingerprint density at radius 3 is 2.69 bits per heavy atom. The molecule has 0 aliphatic rings. The molecule has 0 aromatic heterocycles. The number of likely N-dealkylation sites (N-methyl/N-ethyl adjacent to an activating group) is 1. The Kier molecular flexibility index (Phi) is 7.13. The second-order valence-corrected chi connectivity index (χ2v) is 3.72. The molecule has 0 saturated carbocycles. The van der Waals surface area contributed by atoms with Gasteiger partial charge in [0.2, 0.25) is 0 Å². The largest absolute Gasteiger partial charge is 0.393 e. The molecule has 0 amide bonds. The smallest absolute Gasteiger partial charge is 0.0742 e. The molecule has 0 bridgehead atoms. The number of ether oxygens (including phenoxy) is 1. The van der Waals surface area contributed by atoms with Crippen LogP contribution in [0.1, 0.15) is 20.3 Å². The minimum Gasteiger partial charge on any atom is -0.393 e. The van der Waals surface area contributed by atoms with E-state index in [1.165, 1.54) is 0 Å². The summed E-state index contributed by atoms with van der Waals surface area (Å²) in [4.78, 5) is 2.78. The lowest BCUT2D eigenvalue weighted by Gasteiger charge is -2.23. The van der Waals surface area contributed by atoms with Crippen molar-refractivity contribution in [1.29, 1.82) is 0 Å². The fourth-order valence-corrected chi connectivity index (χ4v) is 1.26. The van der Waals surface area contributed by atoms with Crippen LogP contribution in [0.2, 0.25) is 0 Å². The fourth-order valence-electron chi connectivity index (χ4n) is 1.02. The van der Waals surface area contributed by atoms with Crippen molar-refractivity contribution < 1.29 is 4.74 Å². The molecule has 0 spiro atoms. The van der Waals surface area contributed by atoms with Crippen LogP contribution in [-0.4, -0.2) is 42.7 Å². The highest BCUT2D eigenvalue weighted by atomic mass is 32.1. The first-order valence-corrected chi connectivity index (χ1v) is 5.05. The second kappa shape index (κ2) is 7.24. The van der Waals surface area contributed by atoms with Gasteiger partial charge in [0.15, 0.2) is 0 Å². The van der Waals surface area contributed by atoms with Gasteiger partial charge in [-0.3, -0.25) is 0 Å². The highest BCUT2D eigenvalue weighted by molar-refractivity contribution is 7.80. The van der Waals surface area contributed by atoms with Crippen molar-refractivity contribution >= 4 is 17.2 Å². The van der Waals surface area contributed by atoms with E-state index >= 15 is 0 Å². The van der Waals surface area contributed by atoms with Crippen LogP contribution in [0.25, 0.3) is 0 Å². The number of hydrogen-bond acceptors (Lipinski definition) is 3. The van der Waals surface area contributed by atoms with Gasteiger partial charge in [-0.2, -0.15) is 0 Å². The maximum Gasteiger partial charge on any atom is 0.0742 e. The average Bonchev–Trinajstić information content (AvgIpc) is 2.03. The summed E-state index contributed by atoms with van der Waals surface area (Å²) in [7, 11) is 2.06. The molecule has 4 heteroatoms. The van der Waals surface area contributed by atoms with Crippen LogP contribution >= 0.6 is 12.2 Å². The number of hydrogen-bond donors (Lipinski definition) is 1. The van der Waals surface area contributed by atoms with E-state index in [4.69, 9.17) is 22.7 Å². The predicted octanol–water partition coefficient (Wildman–Crippen LogP) is 1.02. The number of rotatable bonds is 7. The Morgan fingerprint density at radius 2 is 2.23 bits per heavy atom. The topological polar surface area (TPSA) is 38.5 Å². The van der Waals surface area contributed by atoms with Gasteiger partial charge in [-0.25, -0.2) is 0 Å². The molecule has 0 aromatic carbocycles. The molecular weight excluding hydrogens is 184 g/mol. The van der Waals surface area contributed by atoms with E-state index in [0.717, 1.165) is 26.2 Å². The summed E-state index contributed by atoms with van der Waals surface area (Å²) in [6.45, 7) is 6.59. The summed E-state index contributed by atoms with van der Waals surface area (Å²) in [5.74, 6) is 0. The van der Waals surface area contributed by atoms with Gasteiger partial charge in [0.1, 0.15) is 0 Å². The summed E-state index contributed by atoms with van der Waals surface area (Å²) < 4.78 is 5.25. The van der Waals surface area contributed by atoms with Crippen molar-refractivity contribution in [3.05, 3.63) is 0 Å². The van der Waals surface area contributed by atoms with E-state index in [9.17, 15) is 0 Å². The number of nitrogens with two attached hydrogens (primary N) is 1. The lowest BCUT2D eigenvalue weighted by molar-refractivity contribution is 0.111. The van der Waals surface area contributed by atoms with Gasteiger partial charge < -0.3 is 15.4 Å². The van der Waals surface area contributed by atoms with Crippen molar-refractivity contribution in [3.8, 4) is 0 Å². The lowest BCUT2D eigenvalue weighted by atomic mass is 10.2. The zero-order chi connectivity index (χ0) is 10.3. The predicted molar refractivity (Wildman–Crippen MR) is 60.0 cm³/mol. The minimum atomic E-state index is 0.401. The summed E-state index contributed by atoms with van der Waals surface area (Å²) in [6.07, 6.45) is 0.776. The lowest BCUT2D eigenvalue weighted by Crippen LogP contribution is -2.34. The SMILES string of the molecule is CCOCCN(C)C(C)CC(N)=S. The zero-order valence-electron chi connectivity index (χ0n) is 8.75. The third-order valence-electron chi connectivity index (χ3n) is 2.04. The molecule has 0 heterocycles. The van der Waals surface area contributed by atoms with Crippen LogP contribution in [0.15, 0.2) is 0 Å². The van der Waals surface area contributed by atoms with Gasteiger partial charge in [-0.15, -0.1) is 0 Å². The molecule has 78 valence electrons. The molecule has 1 atom stereocenters. The first kappa shape index (κ1) is 12.8. The quantitative estimate of drug-likeness (QED) is 0.496. The maximum absolute atomic E-state index is 5.46. The molecule has 0 aliphatic carbocycles. The van der Waals surface area contributed by atoms with E-state index in [0.29, 0.717) is 11.0 Å². The molecule has 0 aromatic rings. The minimum absolute atomic E-state index is 0.401. The van der Waals surface area contributed by atoms with Gasteiger partial charge in [0.05, 0.1) is 11.6 Å². The average molecular weight is 204 g/mol. The molecule has 0 radical (unpaired) electrons. The monoisotopic (exact) mass is 204 g/mol. The van der Waals surface area contributed by atoms with Crippen molar-refractivity contribution in [3.63, 3.8) is 0 Å². The van der Waals surface area contributed by atoms with Crippen LogP contribution in [0.5, 0.6) is 0 Å². The third-order valence-corrected chi connectivity index (χ3v) is 2.21. The highest BCUT2D eigenvalue weighted by Crippen LogP contribution is 2.00. The van der Waals surface area contributed by atoms with Crippen molar-refractivity contribution in [2.24, 2.45) is 5.73 Å². The standard InChI is InChI=1S/C9H20N2OS/c1-4-12-6-5-11(3)8(2)7-9(10)13/h8H,4-7H2,1-3H3,(H2,10,13). The highest BCUT2D eigenvalue weighted by Gasteiger charge is 2.09. The summed E-state index contributed by atoms with van der Waals surface area (Å²) in [6, 6.07) is 0.401. The van der Waals surface area contributed by atoms with Crippen molar-refractivity contribution in [2.75, 3.05) is 26.8 Å². The Hall–Kier alpha value is -0.190. The number of nitrogens with zero attached hydrogens (tertiary/aromatic N) is 1. The molecule has 0 saturated heterocycles. The van der Waals surface area contributed by atoms with Crippen LogP contribution in [0, 0.1) is 0 Å². The molecule has 2 N–H and O–H groups in total. The Labute approximate surface area is 86.2 Å². The Morgan fingerprint density at radius 1 is 1.62 bits per heavy atom.